The van der Waals surface area contributed by atoms with Crippen molar-refractivity contribution in [2.24, 2.45) is 5.92 Å². The maximum absolute atomic E-state index is 12.2. The van der Waals surface area contributed by atoms with Crippen molar-refractivity contribution >= 4 is 11.9 Å². The number of rotatable bonds is 4. The molecule has 1 amide bonds. The Morgan fingerprint density at radius 1 is 1.25 bits per heavy atom. The molecule has 130 valence electrons. The van der Waals surface area contributed by atoms with Gasteiger partial charge in [-0.3, -0.25) is 14.5 Å². The van der Waals surface area contributed by atoms with Crippen molar-refractivity contribution in [1.29, 1.82) is 0 Å². The monoisotopic (exact) mass is 330 g/mol. The molecule has 0 bridgehead atoms. The molecule has 1 aromatic rings. The number of hydrogen-bond donors (Lipinski definition) is 1. The number of fused-ring (bicyclic) bond motifs is 1. The minimum atomic E-state index is -0.718. The average Bonchev–Trinajstić information content (AvgIpc) is 2.93. The van der Waals surface area contributed by atoms with E-state index in [-0.39, 0.29) is 5.91 Å². The highest BCUT2D eigenvalue weighted by molar-refractivity contribution is 5.94. The van der Waals surface area contributed by atoms with E-state index >= 15 is 0 Å². The number of aliphatic carboxylic acids is 1. The van der Waals surface area contributed by atoms with E-state index in [1.807, 2.05) is 24.3 Å². The van der Waals surface area contributed by atoms with Crippen molar-refractivity contribution in [2.45, 2.75) is 50.7 Å². The van der Waals surface area contributed by atoms with Crippen molar-refractivity contribution in [1.82, 2.24) is 9.80 Å². The van der Waals surface area contributed by atoms with Gasteiger partial charge >= 0.3 is 5.97 Å². The van der Waals surface area contributed by atoms with Gasteiger partial charge in [0.2, 0.25) is 0 Å². The summed E-state index contributed by atoms with van der Waals surface area (Å²) in [5.74, 6) is -0.236. The molecule has 0 radical (unpaired) electrons. The third kappa shape index (κ3) is 3.31. The summed E-state index contributed by atoms with van der Waals surface area (Å²) >= 11 is 0. The summed E-state index contributed by atoms with van der Waals surface area (Å²) in [4.78, 5) is 27.6. The Kier molecular flexibility index (Phi) is 4.90. The number of nitrogens with zero attached hydrogens (tertiary/aromatic N) is 2. The largest absolute Gasteiger partial charge is 0.480 e. The summed E-state index contributed by atoms with van der Waals surface area (Å²) in [5, 5.41) is 9.62. The van der Waals surface area contributed by atoms with E-state index in [2.05, 4.69) is 4.90 Å². The van der Waals surface area contributed by atoms with Gasteiger partial charge in [-0.25, -0.2) is 0 Å². The lowest BCUT2D eigenvalue weighted by Gasteiger charge is -2.33. The number of carboxylic acids is 1. The number of carbonyl (C=O) groups excluding carboxylic acids is 1. The van der Waals surface area contributed by atoms with Gasteiger partial charge in [0.25, 0.3) is 5.91 Å². The van der Waals surface area contributed by atoms with Crippen LogP contribution >= 0.6 is 0 Å². The van der Waals surface area contributed by atoms with Crippen LogP contribution in [0, 0.1) is 5.92 Å². The first-order valence-electron chi connectivity index (χ1n) is 8.76. The molecule has 0 aromatic heterocycles. The van der Waals surface area contributed by atoms with Crippen molar-refractivity contribution in [3.05, 3.63) is 35.4 Å². The summed E-state index contributed by atoms with van der Waals surface area (Å²) < 4.78 is 0. The lowest BCUT2D eigenvalue weighted by atomic mass is 9.84. The second-order valence-corrected chi connectivity index (χ2v) is 7.27. The fourth-order valence-corrected chi connectivity index (χ4v) is 4.29. The molecule has 2 aliphatic rings. The molecule has 2 fully saturated rings. The SMILES string of the molecule is CN(C)C(=O)c1cccc(CN2[C@@H]3CCCC[C@H]3C[C@H]2C(=O)O)c1. The van der Waals surface area contributed by atoms with Crippen LogP contribution in [-0.4, -0.2) is 53.0 Å². The Morgan fingerprint density at radius 3 is 2.71 bits per heavy atom. The van der Waals surface area contributed by atoms with Gasteiger partial charge in [0.05, 0.1) is 0 Å². The van der Waals surface area contributed by atoms with Crippen molar-refractivity contribution in [3.63, 3.8) is 0 Å². The Labute approximate surface area is 143 Å². The summed E-state index contributed by atoms with van der Waals surface area (Å²) in [7, 11) is 3.48. The zero-order valence-electron chi connectivity index (χ0n) is 14.4. The van der Waals surface area contributed by atoms with Gasteiger partial charge < -0.3 is 10.0 Å². The van der Waals surface area contributed by atoms with Crippen LogP contribution in [0.15, 0.2) is 24.3 Å². The predicted octanol–water partition coefficient (Wildman–Crippen LogP) is 2.61. The zero-order chi connectivity index (χ0) is 17.3. The highest BCUT2D eigenvalue weighted by Crippen LogP contribution is 2.40. The topological polar surface area (TPSA) is 60.9 Å². The van der Waals surface area contributed by atoms with Gasteiger partial charge in [-0.2, -0.15) is 0 Å². The molecular weight excluding hydrogens is 304 g/mol. The van der Waals surface area contributed by atoms with E-state index in [0.717, 1.165) is 24.8 Å². The third-order valence-electron chi connectivity index (χ3n) is 5.45. The first-order chi connectivity index (χ1) is 11.5. The van der Waals surface area contributed by atoms with Crippen LogP contribution in [0.5, 0.6) is 0 Å². The lowest BCUT2D eigenvalue weighted by molar-refractivity contribution is -0.142. The summed E-state index contributed by atoms with van der Waals surface area (Å²) in [6, 6.07) is 7.56. The van der Waals surface area contributed by atoms with Crippen LogP contribution in [0.1, 0.15) is 48.0 Å². The van der Waals surface area contributed by atoms with Crippen LogP contribution in [0.2, 0.25) is 0 Å². The Bertz CT molecular complexity index is 629. The molecule has 0 spiro atoms. The minimum absolute atomic E-state index is 0.0244. The number of amides is 1. The van der Waals surface area contributed by atoms with Gasteiger partial charge in [0.15, 0.2) is 0 Å². The van der Waals surface area contributed by atoms with E-state index in [4.69, 9.17) is 0 Å². The number of benzene rings is 1. The highest BCUT2D eigenvalue weighted by atomic mass is 16.4. The predicted molar refractivity (Wildman–Crippen MR) is 91.8 cm³/mol. The average molecular weight is 330 g/mol. The van der Waals surface area contributed by atoms with Gasteiger partial charge in [-0.1, -0.05) is 25.0 Å². The summed E-state index contributed by atoms with van der Waals surface area (Å²) in [6.07, 6.45) is 5.39. The summed E-state index contributed by atoms with van der Waals surface area (Å²) in [6.45, 7) is 0.604. The van der Waals surface area contributed by atoms with E-state index in [1.54, 1.807) is 19.0 Å². The van der Waals surface area contributed by atoms with E-state index < -0.39 is 12.0 Å². The first-order valence-corrected chi connectivity index (χ1v) is 8.76. The standard InChI is InChI=1S/C19H26N2O3/c1-20(2)18(22)15-8-5-6-13(10-15)12-21-16-9-4-3-7-14(16)11-17(21)19(23)24/h5-6,8,10,14,16-17H,3-4,7,9,11-12H2,1-2H3,(H,23,24)/t14-,16+,17-/m0/s1. The number of carbonyl (C=O) groups is 2. The molecule has 1 aliphatic carbocycles. The fraction of sp³-hybridized carbons (Fsp3) is 0.579. The van der Waals surface area contributed by atoms with E-state index in [9.17, 15) is 14.7 Å². The quantitative estimate of drug-likeness (QED) is 0.922. The molecule has 1 aliphatic heterocycles. The maximum atomic E-state index is 12.2. The van der Waals surface area contributed by atoms with Crippen molar-refractivity contribution in [2.75, 3.05) is 14.1 Å². The molecular formula is C19H26N2O3. The second-order valence-electron chi connectivity index (χ2n) is 7.27. The molecule has 1 saturated heterocycles. The first kappa shape index (κ1) is 17.0. The van der Waals surface area contributed by atoms with E-state index in [0.29, 0.717) is 24.1 Å². The van der Waals surface area contributed by atoms with E-state index in [1.165, 1.54) is 12.8 Å². The molecule has 5 nitrogen and oxygen atoms in total. The van der Waals surface area contributed by atoms with Gasteiger partial charge in [-0.05, 0) is 42.9 Å². The number of carboxylic acid groups (broad SMARTS) is 1. The normalized spacial score (nSPS) is 26.8. The Hall–Kier alpha value is -1.88. The molecule has 0 unspecified atom stereocenters. The Balaban J connectivity index is 1.81. The van der Waals surface area contributed by atoms with Gasteiger partial charge in [0, 0.05) is 32.2 Å². The van der Waals surface area contributed by atoms with Crippen LogP contribution < -0.4 is 0 Å². The highest BCUT2D eigenvalue weighted by Gasteiger charge is 2.44. The molecule has 1 heterocycles. The molecule has 1 aromatic carbocycles. The molecule has 1 saturated carbocycles. The molecule has 1 N–H and O–H groups in total. The third-order valence-corrected chi connectivity index (χ3v) is 5.45. The van der Waals surface area contributed by atoms with Gasteiger partial charge in [-0.15, -0.1) is 0 Å². The zero-order valence-corrected chi connectivity index (χ0v) is 14.4. The number of hydrogen-bond acceptors (Lipinski definition) is 3. The fourth-order valence-electron chi connectivity index (χ4n) is 4.29. The second kappa shape index (κ2) is 6.93. The number of likely N-dealkylation sites (tertiary alicyclic amines) is 1. The lowest BCUT2D eigenvalue weighted by Crippen LogP contribution is -2.41. The maximum Gasteiger partial charge on any atom is 0.320 e. The van der Waals surface area contributed by atoms with Gasteiger partial charge in [0.1, 0.15) is 6.04 Å². The smallest absolute Gasteiger partial charge is 0.320 e. The summed E-state index contributed by atoms with van der Waals surface area (Å²) in [5.41, 5.74) is 1.67. The minimum Gasteiger partial charge on any atom is -0.480 e. The van der Waals surface area contributed by atoms with Crippen LogP contribution in [-0.2, 0) is 11.3 Å². The molecule has 5 heteroatoms. The van der Waals surface area contributed by atoms with Crippen molar-refractivity contribution < 1.29 is 14.7 Å². The van der Waals surface area contributed by atoms with Crippen LogP contribution in [0.25, 0.3) is 0 Å². The van der Waals surface area contributed by atoms with Crippen LogP contribution in [0.4, 0.5) is 0 Å². The van der Waals surface area contributed by atoms with Crippen molar-refractivity contribution in [3.8, 4) is 0 Å². The Morgan fingerprint density at radius 2 is 2.00 bits per heavy atom. The molecule has 3 rings (SSSR count). The molecule has 24 heavy (non-hydrogen) atoms. The van der Waals surface area contributed by atoms with Crippen LogP contribution in [0.3, 0.4) is 0 Å². The molecule has 3 atom stereocenters.